The Morgan fingerprint density at radius 3 is 2.63 bits per heavy atom. The molecule has 142 valence electrons. The summed E-state index contributed by atoms with van der Waals surface area (Å²) in [4.78, 5) is 31.9. The molecule has 6 heteroatoms. The van der Waals surface area contributed by atoms with Crippen molar-refractivity contribution in [2.45, 2.75) is 25.6 Å². The summed E-state index contributed by atoms with van der Waals surface area (Å²) in [7, 11) is 1.85. The first kappa shape index (κ1) is 18.2. The van der Waals surface area contributed by atoms with Crippen LogP contribution in [0.1, 0.15) is 17.5 Å². The summed E-state index contributed by atoms with van der Waals surface area (Å²) in [5.74, 6) is -0.00724. The molecule has 0 radical (unpaired) electrons. The lowest BCUT2D eigenvalue weighted by atomic mass is 9.90. The SMILES string of the molecule is CN1C(=O)CN(Cc2ccccc2)C(=O)[C@H]2CN(Cc3ccsc3)CC[C@H]21. The molecule has 27 heavy (non-hydrogen) atoms. The van der Waals surface area contributed by atoms with Gasteiger partial charge in [0.2, 0.25) is 11.8 Å². The smallest absolute Gasteiger partial charge is 0.242 e. The highest BCUT2D eigenvalue weighted by Crippen LogP contribution is 2.28. The number of likely N-dealkylation sites (N-methyl/N-ethyl adjacent to an activating group) is 1. The van der Waals surface area contributed by atoms with E-state index in [1.807, 2.05) is 42.3 Å². The predicted molar refractivity (Wildman–Crippen MR) is 106 cm³/mol. The second kappa shape index (κ2) is 7.82. The van der Waals surface area contributed by atoms with Gasteiger partial charge in [0.25, 0.3) is 0 Å². The van der Waals surface area contributed by atoms with Crippen molar-refractivity contribution < 1.29 is 9.59 Å². The Hall–Kier alpha value is -2.18. The summed E-state index contributed by atoms with van der Waals surface area (Å²) < 4.78 is 0. The highest BCUT2D eigenvalue weighted by Gasteiger charge is 2.43. The molecule has 1 aromatic heterocycles. The summed E-state index contributed by atoms with van der Waals surface area (Å²) in [5, 5.41) is 4.26. The maximum Gasteiger partial charge on any atom is 0.242 e. The van der Waals surface area contributed by atoms with Gasteiger partial charge in [0.1, 0.15) is 6.54 Å². The van der Waals surface area contributed by atoms with Crippen LogP contribution in [-0.2, 0) is 22.7 Å². The number of hydrogen-bond acceptors (Lipinski definition) is 4. The number of carbonyl (C=O) groups excluding carboxylic acids is 2. The van der Waals surface area contributed by atoms with Crippen molar-refractivity contribution in [3.8, 4) is 0 Å². The Bertz CT molecular complexity index is 793. The van der Waals surface area contributed by atoms with Crippen molar-refractivity contribution in [1.29, 1.82) is 0 Å². The minimum Gasteiger partial charge on any atom is -0.340 e. The molecule has 3 heterocycles. The molecule has 0 aliphatic carbocycles. The third kappa shape index (κ3) is 3.92. The van der Waals surface area contributed by atoms with E-state index in [1.165, 1.54) is 5.56 Å². The Morgan fingerprint density at radius 2 is 1.89 bits per heavy atom. The number of amides is 2. The fraction of sp³-hybridized carbons (Fsp3) is 0.429. The monoisotopic (exact) mass is 383 g/mol. The van der Waals surface area contributed by atoms with E-state index in [0.717, 1.165) is 25.1 Å². The van der Waals surface area contributed by atoms with Gasteiger partial charge < -0.3 is 9.80 Å². The molecule has 2 atom stereocenters. The van der Waals surface area contributed by atoms with Crippen LogP contribution >= 0.6 is 11.3 Å². The maximum atomic E-state index is 13.3. The molecule has 2 aliphatic heterocycles. The quantitative estimate of drug-likeness (QED) is 0.815. The summed E-state index contributed by atoms with van der Waals surface area (Å²) in [5.41, 5.74) is 2.36. The van der Waals surface area contributed by atoms with Crippen molar-refractivity contribution in [2.75, 3.05) is 26.7 Å². The normalized spacial score (nSPS) is 24.0. The van der Waals surface area contributed by atoms with Crippen LogP contribution < -0.4 is 0 Å². The van der Waals surface area contributed by atoms with E-state index in [0.29, 0.717) is 13.1 Å². The Kier molecular flexibility index (Phi) is 5.27. The Morgan fingerprint density at radius 1 is 1.07 bits per heavy atom. The maximum absolute atomic E-state index is 13.3. The number of nitrogens with zero attached hydrogens (tertiary/aromatic N) is 3. The van der Waals surface area contributed by atoms with Crippen molar-refractivity contribution in [2.24, 2.45) is 5.92 Å². The van der Waals surface area contributed by atoms with Crippen LogP contribution in [0.5, 0.6) is 0 Å². The van der Waals surface area contributed by atoms with Crippen molar-refractivity contribution in [1.82, 2.24) is 14.7 Å². The third-order valence-corrected chi connectivity index (χ3v) is 6.44. The van der Waals surface area contributed by atoms with E-state index in [-0.39, 0.29) is 30.3 Å². The fourth-order valence-corrected chi connectivity index (χ4v) is 4.87. The minimum absolute atomic E-state index is 0.00416. The standard InChI is InChI=1S/C21H25N3O2S/c1-22-19-7-9-23(11-17-8-10-27-15-17)13-18(19)21(26)24(14-20(22)25)12-16-5-3-2-4-6-16/h2-6,8,10,15,18-19H,7,9,11-14H2,1H3/t18-,19+/m0/s1. The number of likely N-dealkylation sites (tertiary alicyclic amines) is 1. The lowest BCUT2D eigenvalue weighted by Crippen LogP contribution is -2.53. The zero-order valence-electron chi connectivity index (χ0n) is 15.6. The van der Waals surface area contributed by atoms with Crippen molar-refractivity contribution in [3.63, 3.8) is 0 Å². The number of benzene rings is 1. The van der Waals surface area contributed by atoms with E-state index in [2.05, 4.69) is 21.7 Å². The van der Waals surface area contributed by atoms with E-state index >= 15 is 0 Å². The summed E-state index contributed by atoms with van der Waals surface area (Å²) >= 11 is 1.70. The number of rotatable bonds is 4. The zero-order chi connectivity index (χ0) is 18.8. The summed E-state index contributed by atoms with van der Waals surface area (Å²) in [6.45, 7) is 3.16. The molecule has 0 bridgehead atoms. The van der Waals surface area contributed by atoms with Crippen LogP contribution in [0.15, 0.2) is 47.2 Å². The van der Waals surface area contributed by atoms with Gasteiger partial charge in [-0.2, -0.15) is 11.3 Å². The molecule has 1 aromatic carbocycles. The first-order valence-corrected chi connectivity index (χ1v) is 10.4. The summed E-state index contributed by atoms with van der Waals surface area (Å²) in [6, 6.07) is 12.1. The van der Waals surface area contributed by atoms with Crippen LogP contribution in [0.25, 0.3) is 0 Å². The molecule has 0 saturated carbocycles. The van der Waals surface area contributed by atoms with Crippen LogP contribution in [0.4, 0.5) is 0 Å². The number of hydrogen-bond donors (Lipinski definition) is 0. The highest BCUT2D eigenvalue weighted by molar-refractivity contribution is 7.07. The summed E-state index contributed by atoms with van der Waals surface area (Å²) in [6.07, 6.45) is 0.849. The molecule has 2 aliphatic rings. The Labute approximate surface area is 164 Å². The van der Waals surface area contributed by atoms with Crippen LogP contribution in [0.3, 0.4) is 0 Å². The topological polar surface area (TPSA) is 43.9 Å². The van der Waals surface area contributed by atoms with E-state index < -0.39 is 0 Å². The average Bonchev–Trinajstić information content (AvgIpc) is 3.17. The molecule has 0 unspecified atom stereocenters. The lowest BCUT2D eigenvalue weighted by Gasteiger charge is -2.40. The second-order valence-electron chi connectivity index (χ2n) is 7.51. The highest BCUT2D eigenvalue weighted by atomic mass is 32.1. The van der Waals surface area contributed by atoms with Crippen LogP contribution in [0.2, 0.25) is 0 Å². The number of fused-ring (bicyclic) bond motifs is 1. The number of piperidine rings is 1. The Balaban J connectivity index is 1.53. The molecule has 5 nitrogen and oxygen atoms in total. The van der Waals surface area contributed by atoms with E-state index in [9.17, 15) is 9.59 Å². The van der Waals surface area contributed by atoms with Crippen molar-refractivity contribution >= 4 is 23.2 Å². The van der Waals surface area contributed by atoms with Gasteiger partial charge in [-0.15, -0.1) is 0 Å². The molecule has 2 aromatic rings. The van der Waals surface area contributed by atoms with Gasteiger partial charge in [0.05, 0.1) is 5.92 Å². The van der Waals surface area contributed by atoms with Crippen LogP contribution in [0, 0.1) is 5.92 Å². The molecular formula is C21H25N3O2S. The van der Waals surface area contributed by atoms with Crippen molar-refractivity contribution in [3.05, 3.63) is 58.3 Å². The third-order valence-electron chi connectivity index (χ3n) is 5.71. The minimum atomic E-state index is -0.155. The van der Waals surface area contributed by atoms with Gasteiger partial charge in [-0.05, 0) is 34.4 Å². The second-order valence-corrected chi connectivity index (χ2v) is 8.29. The van der Waals surface area contributed by atoms with Gasteiger partial charge in [0, 0.05) is 39.3 Å². The fourth-order valence-electron chi connectivity index (χ4n) is 4.21. The van der Waals surface area contributed by atoms with Gasteiger partial charge in [-0.3, -0.25) is 14.5 Å². The lowest BCUT2D eigenvalue weighted by molar-refractivity contribution is -0.138. The first-order chi connectivity index (χ1) is 13.1. The molecule has 2 amide bonds. The number of thiophene rings is 1. The van der Waals surface area contributed by atoms with Gasteiger partial charge in [-0.1, -0.05) is 30.3 Å². The molecule has 2 saturated heterocycles. The van der Waals surface area contributed by atoms with E-state index in [4.69, 9.17) is 0 Å². The molecule has 0 N–H and O–H groups in total. The average molecular weight is 384 g/mol. The predicted octanol–water partition coefficient (Wildman–Crippen LogP) is 2.44. The van der Waals surface area contributed by atoms with Gasteiger partial charge in [0.15, 0.2) is 0 Å². The molecule has 0 spiro atoms. The molecular weight excluding hydrogens is 358 g/mol. The zero-order valence-corrected chi connectivity index (χ0v) is 16.4. The van der Waals surface area contributed by atoms with Crippen LogP contribution in [-0.4, -0.2) is 59.2 Å². The first-order valence-electron chi connectivity index (χ1n) is 9.43. The number of carbonyl (C=O) groups is 2. The molecule has 4 rings (SSSR count). The van der Waals surface area contributed by atoms with Gasteiger partial charge in [-0.25, -0.2) is 0 Å². The van der Waals surface area contributed by atoms with Gasteiger partial charge >= 0.3 is 0 Å². The molecule has 2 fully saturated rings. The van der Waals surface area contributed by atoms with E-state index in [1.54, 1.807) is 16.2 Å². The largest absolute Gasteiger partial charge is 0.340 e.